The molecule has 0 aliphatic rings. The van der Waals surface area contributed by atoms with E-state index < -0.39 is 0 Å². The first-order valence-corrected chi connectivity index (χ1v) is 7.47. The predicted molar refractivity (Wildman–Crippen MR) is 88.0 cm³/mol. The minimum Gasteiger partial charge on any atom is -0.457 e. The Morgan fingerprint density at radius 3 is 2.74 bits per heavy atom. The molecule has 0 fully saturated rings. The zero-order chi connectivity index (χ0) is 13.8. The Labute approximate surface area is 132 Å². The van der Waals surface area contributed by atoms with Crippen LogP contribution in [0.1, 0.15) is 12.5 Å². The Morgan fingerprint density at radius 1 is 1.26 bits per heavy atom. The van der Waals surface area contributed by atoms with E-state index in [2.05, 4.69) is 22.6 Å². The van der Waals surface area contributed by atoms with Gasteiger partial charge in [-0.1, -0.05) is 17.7 Å². The van der Waals surface area contributed by atoms with Gasteiger partial charge in [0.25, 0.3) is 0 Å². The van der Waals surface area contributed by atoms with Gasteiger partial charge in [0, 0.05) is 14.6 Å². The first-order valence-electron chi connectivity index (χ1n) is 6.02. The predicted octanol–water partition coefficient (Wildman–Crippen LogP) is 4.63. The minimum absolute atomic E-state index is 0.0664. The molecule has 0 heterocycles. The highest BCUT2D eigenvalue weighted by Gasteiger charge is 2.08. The van der Waals surface area contributed by atoms with Gasteiger partial charge in [-0.25, -0.2) is 0 Å². The van der Waals surface area contributed by atoms with Gasteiger partial charge in [0.1, 0.15) is 11.5 Å². The number of halogens is 2. The number of ether oxygens (including phenoxy) is 1. The van der Waals surface area contributed by atoms with Gasteiger partial charge in [-0.2, -0.15) is 0 Å². The number of hydrogen-bond acceptors (Lipinski definition) is 2. The normalized spacial score (nSPS) is 12.2. The first kappa shape index (κ1) is 14.6. The van der Waals surface area contributed by atoms with Gasteiger partial charge in [-0.05, 0) is 77.9 Å². The van der Waals surface area contributed by atoms with Crippen molar-refractivity contribution in [2.75, 3.05) is 0 Å². The lowest BCUT2D eigenvalue weighted by atomic mass is 10.1. The lowest BCUT2D eigenvalue weighted by Gasteiger charge is -2.13. The van der Waals surface area contributed by atoms with Crippen molar-refractivity contribution in [3.05, 3.63) is 56.6 Å². The van der Waals surface area contributed by atoms with Gasteiger partial charge in [0.15, 0.2) is 0 Å². The highest BCUT2D eigenvalue weighted by atomic mass is 127. The summed E-state index contributed by atoms with van der Waals surface area (Å²) in [4.78, 5) is 0. The van der Waals surface area contributed by atoms with E-state index in [4.69, 9.17) is 22.1 Å². The van der Waals surface area contributed by atoms with Gasteiger partial charge in [0.05, 0.1) is 0 Å². The Morgan fingerprint density at radius 2 is 2.05 bits per heavy atom. The van der Waals surface area contributed by atoms with Crippen molar-refractivity contribution < 1.29 is 4.74 Å². The maximum Gasteiger partial charge on any atom is 0.130 e. The minimum atomic E-state index is 0.0664. The highest BCUT2D eigenvalue weighted by molar-refractivity contribution is 14.1. The largest absolute Gasteiger partial charge is 0.457 e. The zero-order valence-corrected chi connectivity index (χ0v) is 13.5. The quantitative estimate of drug-likeness (QED) is 0.777. The number of benzene rings is 2. The molecule has 0 aliphatic carbocycles. The highest BCUT2D eigenvalue weighted by Crippen LogP contribution is 2.29. The topological polar surface area (TPSA) is 35.2 Å². The lowest BCUT2D eigenvalue weighted by molar-refractivity contribution is 0.473. The van der Waals surface area contributed by atoms with Crippen molar-refractivity contribution in [1.29, 1.82) is 0 Å². The average Bonchev–Trinajstić information content (AvgIpc) is 2.32. The van der Waals surface area contributed by atoms with Gasteiger partial charge in [0.2, 0.25) is 0 Å². The first-order chi connectivity index (χ1) is 9.04. The Kier molecular flexibility index (Phi) is 5.07. The molecule has 2 aromatic carbocycles. The van der Waals surface area contributed by atoms with Crippen LogP contribution in [0.2, 0.25) is 5.02 Å². The molecule has 2 aromatic rings. The van der Waals surface area contributed by atoms with E-state index in [1.807, 2.05) is 49.4 Å². The van der Waals surface area contributed by atoms with E-state index in [1.165, 1.54) is 0 Å². The van der Waals surface area contributed by atoms with Gasteiger partial charge in [-0.15, -0.1) is 0 Å². The van der Waals surface area contributed by atoms with Gasteiger partial charge >= 0.3 is 0 Å². The standard InChI is InChI=1S/C15H15ClINO/c1-10(18)7-11-8-12(16)5-6-15(11)19-14-4-2-3-13(17)9-14/h2-6,8-10H,7,18H2,1H3. The molecule has 1 atom stereocenters. The molecule has 0 aromatic heterocycles. The van der Waals surface area contributed by atoms with E-state index in [1.54, 1.807) is 0 Å². The monoisotopic (exact) mass is 387 g/mol. The van der Waals surface area contributed by atoms with Crippen molar-refractivity contribution in [1.82, 2.24) is 0 Å². The van der Waals surface area contributed by atoms with Crippen molar-refractivity contribution in [3.8, 4) is 11.5 Å². The van der Waals surface area contributed by atoms with Crippen molar-refractivity contribution >= 4 is 34.2 Å². The molecular formula is C15H15ClINO. The van der Waals surface area contributed by atoms with Gasteiger partial charge < -0.3 is 10.5 Å². The van der Waals surface area contributed by atoms with E-state index >= 15 is 0 Å². The zero-order valence-electron chi connectivity index (χ0n) is 10.6. The average molecular weight is 388 g/mol. The molecule has 0 saturated carbocycles. The number of rotatable bonds is 4. The maximum atomic E-state index is 6.03. The lowest BCUT2D eigenvalue weighted by Crippen LogP contribution is -2.18. The molecule has 0 radical (unpaired) electrons. The molecule has 1 unspecified atom stereocenters. The summed E-state index contributed by atoms with van der Waals surface area (Å²) in [5.74, 6) is 1.63. The third-order valence-electron chi connectivity index (χ3n) is 2.59. The molecule has 4 heteroatoms. The summed E-state index contributed by atoms with van der Waals surface area (Å²) >= 11 is 8.29. The van der Waals surface area contributed by atoms with Crippen LogP contribution in [0.4, 0.5) is 0 Å². The second-order valence-electron chi connectivity index (χ2n) is 4.49. The van der Waals surface area contributed by atoms with Crippen LogP contribution >= 0.6 is 34.2 Å². The molecule has 0 saturated heterocycles. The molecule has 0 aliphatic heterocycles. The smallest absolute Gasteiger partial charge is 0.130 e. The third kappa shape index (κ3) is 4.37. The van der Waals surface area contributed by atoms with Crippen LogP contribution in [0.3, 0.4) is 0 Å². The van der Waals surface area contributed by atoms with E-state index in [0.29, 0.717) is 5.02 Å². The summed E-state index contributed by atoms with van der Waals surface area (Å²) in [6.45, 7) is 1.97. The van der Waals surface area contributed by atoms with Crippen LogP contribution in [0.5, 0.6) is 11.5 Å². The van der Waals surface area contributed by atoms with Crippen LogP contribution in [0, 0.1) is 3.57 Å². The number of hydrogen-bond donors (Lipinski definition) is 1. The Bertz CT molecular complexity index is 572. The molecular weight excluding hydrogens is 373 g/mol. The molecule has 100 valence electrons. The summed E-state index contributed by atoms with van der Waals surface area (Å²) in [5.41, 5.74) is 6.89. The summed E-state index contributed by atoms with van der Waals surface area (Å²) in [6, 6.07) is 13.6. The molecule has 2 nitrogen and oxygen atoms in total. The fourth-order valence-electron chi connectivity index (χ4n) is 1.81. The van der Waals surface area contributed by atoms with Crippen LogP contribution in [-0.2, 0) is 6.42 Å². The van der Waals surface area contributed by atoms with E-state index in [-0.39, 0.29) is 6.04 Å². The summed E-state index contributed by atoms with van der Waals surface area (Å²) in [6.07, 6.45) is 0.736. The van der Waals surface area contributed by atoms with Crippen molar-refractivity contribution in [2.24, 2.45) is 5.73 Å². The van der Waals surface area contributed by atoms with E-state index in [9.17, 15) is 0 Å². The maximum absolute atomic E-state index is 6.03. The molecule has 0 bridgehead atoms. The summed E-state index contributed by atoms with van der Waals surface area (Å²) in [7, 11) is 0. The molecule has 2 rings (SSSR count). The van der Waals surface area contributed by atoms with Crippen molar-refractivity contribution in [3.63, 3.8) is 0 Å². The number of nitrogens with two attached hydrogens (primary N) is 1. The summed E-state index contributed by atoms with van der Waals surface area (Å²) < 4.78 is 7.06. The van der Waals surface area contributed by atoms with E-state index in [0.717, 1.165) is 27.1 Å². The molecule has 0 amide bonds. The van der Waals surface area contributed by atoms with Crippen molar-refractivity contribution in [2.45, 2.75) is 19.4 Å². The summed E-state index contributed by atoms with van der Waals surface area (Å²) in [5, 5.41) is 0.700. The Hall–Kier alpha value is -0.780. The third-order valence-corrected chi connectivity index (χ3v) is 3.49. The Balaban J connectivity index is 2.28. The fraction of sp³-hybridized carbons (Fsp3) is 0.200. The van der Waals surface area contributed by atoms with Crippen LogP contribution < -0.4 is 10.5 Å². The van der Waals surface area contributed by atoms with Gasteiger partial charge in [-0.3, -0.25) is 0 Å². The second-order valence-corrected chi connectivity index (χ2v) is 6.17. The fourth-order valence-corrected chi connectivity index (χ4v) is 2.52. The molecule has 0 spiro atoms. The van der Waals surface area contributed by atoms with Crippen LogP contribution in [0.25, 0.3) is 0 Å². The van der Waals surface area contributed by atoms with Crippen LogP contribution in [-0.4, -0.2) is 6.04 Å². The second kappa shape index (κ2) is 6.59. The molecule has 19 heavy (non-hydrogen) atoms. The van der Waals surface area contributed by atoms with Crippen LogP contribution in [0.15, 0.2) is 42.5 Å². The SMILES string of the molecule is CC(N)Cc1cc(Cl)ccc1Oc1cccc(I)c1. The molecule has 2 N–H and O–H groups in total.